The van der Waals surface area contributed by atoms with Crippen LogP contribution in [0, 0.1) is 6.57 Å². The highest BCUT2D eigenvalue weighted by Gasteiger charge is 2.13. The van der Waals surface area contributed by atoms with Crippen LogP contribution >= 0.6 is 0 Å². The van der Waals surface area contributed by atoms with Crippen LogP contribution in [-0.4, -0.2) is 24.8 Å². The van der Waals surface area contributed by atoms with Crippen molar-refractivity contribution in [2.75, 3.05) is 6.61 Å². The van der Waals surface area contributed by atoms with E-state index in [-0.39, 0.29) is 5.97 Å². The number of aldehydes is 1. The van der Waals surface area contributed by atoms with Crippen LogP contribution < -0.4 is 4.74 Å². The summed E-state index contributed by atoms with van der Waals surface area (Å²) in [4.78, 5) is 37.9. The number of esters is 2. The molecular weight excluding hydrogens is 550 g/mol. The number of carbonyl (C=O) groups is 3. The first kappa shape index (κ1) is 36.0. The van der Waals surface area contributed by atoms with E-state index in [1.807, 2.05) is 37.3 Å². The average Bonchev–Trinajstić information content (AvgIpc) is 3.06. The van der Waals surface area contributed by atoms with E-state index in [4.69, 9.17) is 16.0 Å². The molecule has 0 spiro atoms. The Bertz CT molecular complexity index is 1320. The van der Waals surface area contributed by atoms with E-state index in [0.29, 0.717) is 35.6 Å². The predicted octanol–water partition coefficient (Wildman–Crippen LogP) is 10.4. The zero-order valence-corrected chi connectivity index (χ0v) is 26.6. The van der Waals surface area contributed by atoms with Crippen molar-refractivity contribution in [1.82, 2.24) is 0 Å². The molecule has 6 heteroatoms. The van der Waals surface area contributed by atoms with Crippen LogP contribution in [0.4, 0.5) is 5.69 Å². The van der Waals surface area contributed by atoms with Crippen molar-refractivity contribution >= 4 is 23.9 Å². The van der Waals surface area contributed by atoms with E-state index in [1.54, 1.807) is 36.4 Å². The molecule has 0 unspecified atom stereocenters. The van der Waals surface area contributed by atoms with Gasteiger partial charge in [0.25, 0.3) is 0 Å². The molecule has 0 radical (unpaired) electrons. The van der Waals surface area contributed by atoms with Crippen molar-refractivity contribution < 1.29 is 23.9 Å². The second-order valence-electron chi connectivity index (χ2n) is 10.7. The molecule has 6 nitrogen and oxygen atoms in total. The first-order valence-electron chi connectivity index (χ1n) is 16.0. The van der Waals surface area contributed by atoms with Crippen LogP contribution in [0.3, 0.4) is 0 Å². The molecule has 3 aromatic rings. The maximum atomic E-state index is 12.7. The molecule has 3 aromatic carbocycles. The molecule has 0 aliphatic carbocycles. The highest BCUT2D eigenvalue weighted by molar-refractivity contribution is 5.92. The summed E-state index contributed by atoms with van der Waals surface area (Å²) in [6, 6.07) is 19.8. The summed E-state index contributed by atoms with van der Waals surface area (Å²) < 4.78 is 11.0. The Morgan fingerprint density at radius 1 is 0.705 bits per heavy atom. The second-order valence-corrected chi connectivity index (χ2v) is 10.7. The average molecular weight is 598 g/mol. The molecule has 0 aliphatic heterocycles. The molecule has 0 amide bonds. The number of ether oxygens (including phenoxy) is 2. The normalized spacial score (nSPS) is 10.2. The number of unbranched alkanes of at least 4 members (excludes halogenated alkanes) is 8. The van der Waals surface area contributed by atoms with Crippen LogP contribution in [0.1, 0.15) is 118 Å². The van der Waals surface area contributed by atoms with Gasteiger partial charge < -0.3 is 14.3 Å². The number of hydrogen-bond acceptors (Lipinski definition) is 5. The number of rotatable bonds is 17. The van der Waals surface area contributed by atoms with Gasteiger partial charge in [-0.3, -0.25) is 0 Å². The van der Waals surface area contributed by atoms with Gasteiger partial charge in [0.15, 0.2) is 5.69 Å². The SMILES string of the molecule is CCC=O.[C-]#[N+]c1cc(C(=O)Oc2ccc(-c3ccc(C(=O)OCCCCCCCC)cc3)cc2)ccc1CCCCCC. The molecule has 0 atom stereocenters. The maximum Gasteiger partial charge on any atom is 0.342 e. The molecule has 234 valence electrons. The number of aryl methyl sites for hydroxylation is 1. The van der Waals surface area contributed by atoms with Gasteiger partial charge in [0.2, 0.25) is 0 Å². The van der Waals surface area contributed by atoms with E-state index >= 15 is 0 Å². The summed E-state index contributed by atoms with van der Waals surface area (Å²) in [5.74, 6) is -0.357. The number of benzene rings is 3. The Kier molecular flexibility index (Phi) is 17.5. The molecule has 0 aromatic heterocycles. The Balaban J connectivity index is 0.00000159. The molecular formula is C38H47NO5. The van der Waals surface area contributed by atoms with Crippen molar-refractivity contribution in [2.45, 2.75) is 97.8 Å². The number of nitrogens with zero attached hydrogens (tertiary/aromatic N) is 1. The molecule has 0 N–H and O–H groups in total. The summed E-state index contributed by atoms with van der Waals surface area (Å²) in [5, 5.41) is 0. The van der Waals surface area contributed by atoms with Crippen LogP contribution in [0.25, 0.3) is 16.0 Å². The molecule has 0 saturated heterocycles. The lowest BCUT2D eigenvalue weighted by atomic mass is 10.0. The van der Waals surface area contributed by atoms with Crippen molar-refractivity contribution in [1.29, 1.82) is 0 Å². The van der Waals surface area contributed by atoms with Gasteiger partial charge in [-0.15, -0.1) is 0 Å². The van der Waals surface area contributed by atoms with Gasteiger partial charge in [-0.25, -0.2) is 14.4 Å². The molecule has 0 aliphatic rings. The molecule has 0 bridgehead atoms. The zero-order valence-electron chi connectivity index (χ0n) is 26.6. The predicted molar refractivity (Wildman–Crippen MR) is 177 cm³/mol. The minimum Gasteiger partial charge on any atom is -0.462 e. The Morgan fingerprint density at radius 2 is 1.25 bits per heavy atom. The molecule has 0 fully saturated rings. The van der Waals surface area contributed by atoms with Crippen molar-refractivity contribution in [2.24, 2.45) is 0 Å². The van der Waals surface area contributed by atoms with Gasteiger partial charge in [-0.2, -0.15) is 0 Å². The van der Waals surface area contributed by atoms with E-state index < -0.39 is 5.97 Å². The van der Waals surface area contributed by atoms with Crippen LogP contribution in [0.5, 0.6) is 5.75 Å². The summed E-state index contributed by atoms with van der Waals surface area (Å²) >= 11 is 0. The highest BCUT2D eigenvalue weighted by Crippen LogP contribution is 2.26. The molecule has 0 heterocycles. The van der Waals surface area contributed by atoms with Gasteiger partial charge in [-0.05, 0) is 65.9 Å². The van der Waals surface area contributed by atoms with Gasteiger partial charge >= 0.3 is 11.9 Å². The standard InChI is InChI=1S/C35H41NO4.C3H6O/c1-4-6-8-10-11-13-25-39-34(37)30-18-15-27(16-19-30)28-21-23-32(24-22-28)40-35(38)31-20-17-29(33(26-31)36-3)14-12-9-7-5-2;1-2-3-4/h15-24,26H,4-14,25H2,1-2H3;3H,2H2,1H3. The summed E-state index contributed by atoms with van der Waals surface area (Å²) in [6.45, 7) is 14.2. The summed E-state index contributed by atoms with van der Waals surface area (Å²) in [7, 11) is 0. The Morgan fingerprint density at radius 3 is 1.84 bits per heavy atom. The number of hydrogen-bond donors (Lipinski definition) is 0. The third-order valence-electron chi connectivity index (χ3n) is 7.16. The largest absolute Gasteiger partial charge is 0.462 e. The second kappa shape index (κ2) is 21.4. The first-order chi connectivity index (χ1) is 21.5. The zero-order chi connectivity index (χ0) is 32.0. The molecule has 44 heavy (non-hydrogen) atoms. The van der Waals surface area contributed by atoms with Gasteiger partial charge in [-0.1, -0.05) is 109 Å². The lowest BCUT2D eigenvalue weighted by Crippen LogP contribution is -2.08. The van der Waals surface area contributed by atoms with Crippen LogP contribution in [0.2, 0.25) is 0 Å². The third-order valence-corrected chi connectivity index (χ3v) is 7.16. The van der Waals surface area contributed by atoms with E-state index in [0.717, 1.165) is 55.1 Å². The van der Waals surface area contributed by atoms with E-state index in [1.165, 1.54) is 38.5 Å². The minimum atomic E-state index is -0.487. The fourth-order valence-electron chi connectivity index (χ4n) is 4.56. The fourth-order valence-corrected chi connectivity index (χ4v) is 4.56. The van der Waals surface area contributed by atoms with Crippen molar-refractivity contribution in [3.8, 4) is 16.9 Å². The van der Waals surface area contributed by atoms with Gasteiger partial charge in [0, 0.05) is 12.0 Å². The molecule has 0 saturated carbocycles. The minimum absolute atomic E-state index is 0.298. The lowest BCUT2D eigenvalue weighted by Gasteiger charge is -2.09. The van der Waals surface area contributed by atoms with E-state index in [9.17, 15) is 14.4 Å². The summed E-state index contributed by atoms with van der Waals surface area (Å²) in [5.41, 5.74) is 4.27. The number of carbonyl (C=O) groups excluding carboxylic acids is 3. The quantitative estimate of drug-likeness (QED) is 0.0509. The van der Waals surface area contributed by atoms with Gasteiger partial charge in [0.1, 0.15) is 12.0 Å². The fraction of sp³-hybridized carbons (Fsp3) is 0.421. The topological polar surface area (TPSA) is 74.0 Å². The maximum absolute atomic E-state index is 12.7. The monoisotopic (exact) mass is 597 g/mol. The van der Waals surface area contributed by atoms with Crippen LogP contribution in [0.15, 0.2) is 66.7 Å². The Hall–Kier alpha value is -4.24. The summed E-state index contributed by atoms with van der Waals surface area (Å²) in [6.07, 6.45) is 13.8. The van der Waals surface area contributed by atoms with Crippen molar-refractivity contribution in [3.63, 3.8) is 0 Å². The van der Waals surface area contributed by atoms with E-state index in [2.05, 4.69) is 18.7 Å². The lowest BCUT2D eigenvalue weighted by molar-refractivity contribution is -0.107. The third kappa shape index (κ3) is 13.0. The van der Waals surface area contributed by atoms with Crippen LogP contribution in [-0.2, 0) is 16.0 Å². The first-order valence-corrected chi connectivity index (χ1v) is 16.0. The Labute approximate surface area is 263 Å². The van der Waals surface area contributed by atoms with Crippen molar-refractivity contribution in [3.05, 3.63) is 94.8 Å². The highest BCUT2D eigenvalue weighted by atomic mass is 16.5. The smallest absolute Gasteiger partial charge is 0.342 e. The molecule has 3 rings (SSSR count). The van der Waals surface area contributed by atoms with Gasteiger partial charge in [0.05, 0.1) is 18.7 Å².